The second-order valence-corrected chi connectivity index (χ2v) is 7.15. The third-order valence-corrected chi connectivity index (χ3v) is 5.30. The van der Waals surface area contributed by atoms with Crippen LogP contribution in [-0.2, 0) is 25.2 Å². The summed E-state index contributed by atoms with van der Waals surface area (Å²) in [4.78, 5) is 13.6. The van der Waals surface area contributed by atoms with Crippen LogP contribution in [-0.4, -0.2) is 5.91 Å². The van der Waals surface area contributed by atoms with Gasteiger partial charge in [0.25, 0.3) is 5.91 Å². The van der Waals surface area contributed by atoms with Gasteiger partial charge in [-0.15, -0.1) is 11.3 Å². The van der Waals surface area contributed by atoms with Gasteiger partial charge >= 0.3 is 12.4 Å². The molecule has 0 saturated heterocycles. The number of carbonyl (C=O) groups excluding carboxylic acids is 1. The standard InChI is InChI=1S/C17H13F6NOS/c18-16(19,20)10-6-11(17(21,22)23)8-12(7-10)24-15(25)14-5-9-3-1-2-4-13(9)26-14/h5-8H,1-4H2,(H,24,25). The summed E-state index contributed by atoms with van der Waals surface area (Å²) in [6, 6.07) is 2.69. The Bertz CT molecular complexity index is 781. The van der Waals surface area contributed by atoms with Crippen molar-refractivity contribution in [3.8, 4) is 0 Å². The van der Waals surface area contributed by atoms with E-state index in [4.69, 9.17) is 0 Å². The summed E-state index contributed by atoms with van der Waals surface area (Å²) in [6.07, 6.45) is -6.27. The highest BCUT2D eigenvalue weighted by Crippen LogP contribution is 2.38. The van der Waals surface area contributed by atoms with Gasteiger partial charge in [-0.05, 0) is 55.5 Å². The number of nitrogens with one attached hydrogen (secondary N) is 1. The van der Waals surface area contributed by atoms with Crippen molar-refractivity contribution in [2.24, 2.45) is 0 Å². The highest BCUT2D eigenvalue weighted by atomic mass is 32.1. The first-order valence-electron chi connectivity index (χ1n) is 7.76. The van der Waals surface area contributed by atoms with Crippen molar-refractivity contribution in [3.63, 3.8) is 0 Å². The molecule has 1 amide bonds. The summed E-state index contributed by atoms with van der Waals surface area (Å²) in [5, 5.41) is 2.16. The number of thiophene rings is 1. The molecule has 0 bridgehead atoms. The number of rotatable bonds is 2. The number of halogens is 6. The fourth-order valence-electron chi connectivity index (χ4n) is 2.82. The second-order valence-electron chi connectivity index (χ2n) is 6.01. The SMILES string of the molecule is O=C(Nc1cc(C(F)(F)F)cc(C(F)(F)F)c1)c1cc2c(s1)CCCC2. The molecule has 1 aliphatic carbocycles. The first-order valence-corrected chi connectivity index (χ1v) is 8.58. The zero-order chi connectivity index (χ0) is 19.1. The van der Waals surface area contributed by atoms with Crippen LogP contribution in [0.15, 0.2) is 24.3 Å². The second kappa shape index (κ2) is 6.61. The summed E-state index contributed by atoms with van der Waals surface area (Å²) >= 11 is 1.23. The lowest BCUT2D eigenvalue weighted by atomic mass is 9.99. The van der Waals surface area contributed by atoms with E-state index in [0.717, 1.165) is 36.1 Å². The Labute approximate surface area is 148 Å². The molecule has 0 atom stereocenters. The number of hydrogen-bond acceptors (Lipinski definition) is 2. The van der Waals surface area contributed by atoms with Gasteiger partial charge < -0.3 is 5.32 Å². The van der Waals surface area contributed by atoms with Gasteiger partial charge in [-0.3, -0.25) is 4.79 Å². The van der Waals surface area contributed by atoms with Crippen LogP contribution in [0.1, 0.15) is 44.1 Å². The minimum atomic E-state index is -4.96. The van der Waals surface area contributed by atoms with Crippen molar-refractivity contribution >= 4 is 22.9 Å². The van der Waals surface area contributed by atoms with Gasteiger partial charge in [-0.1, -0.05) is 0 Å². The van der Waals surface area contributed by atoms with E-state index in [0.29, 0.717) is 12.1 Å². The van der Waals surface area contributed by atoms with Crippen LogP contribution in [0.5, 0.6) is 0 Å². The van der Waals surface area contributed by atoms with Gasteiger partial charge in [0, 0.05) is 10.6 Å². The minimum Gasteiger partial charge on any atom is -0.321 e. The van der Waals surface area contributed by atoms with Crippen molar-refractivity contribution in [1.29, 1.82) is 0 Å². The molecule has 9 heteroatoms. The normalized spacial score (nSPS) is 14.8. The van der Waals surface area contributed by atoms with Crippen LogP contribution in [0.2, 0.25) is 0 Å². The molecule has 1 aromatic heterocycles. The molecule has 26 heavy (non-hydrogen) atoms. The number of alkyl halides is 6. The minimum absolute atomic E-state index is 0.0273. The molecule has 0 spiro atoms. The van der Waals surface area contributed by atoms with E-state index in [1.54, 1.807) is 6.07 Å². The predicted molar refractivity (Wildman–Crippen MR) is 85.4 cm³/mol. The molecule has 1 heterocycles. The molecule has 0 unspecified atom stereocenters. The third kappa shape index (κ3) is 4.03. The number of carbonyl (C=O) groups is 1. The maximum Gasteiger partial charge on any atom is 0.416 e. The molecule has 1 N–H and O–H groups in total. The molecule has 1 aromatic carbocycles. The zero-order valence-corrected chi connectivity index (χ0v) is 14.0. The Morgan fingerprint density at radius 1 is 0.885 bits per heavy atom. The summed E-state index contributed by atoms with van der Waals surface area (Å²) in [7, 11) is 0. The van der Waals surface area contributed by atoms with Crippen molar-refractivity contribution in [2.45, 2.75) is 38.0 Å². The number of fused-ring (bicyclic) bond motifs is 1. The van der Waals surface area contributed by atoms with Crippen molar-refractivity contribution in [1.82, 2.24) is 0 Å². The summed E-state index contributed by atoms with van der Waals surface area (Å²) in [6.45, 7) is 0. The van der Waals surface area contributed by atoms with Crippen molar-refractivity contribution < 1.29 is 31.1 Å². The number of aryl methyl sites for hydroxylation is 2. The molecular weight excluding hydrogens is 380 g/mol. The average Bonchev–Trinajstić information content (AvgIpc) is 2.97. The molecule has 0 radical (unpaired) electrons. The zero-order valence-electron chi connectivity index (χ0n) is 13.2. The Morgan fingerprint density at radius 3 is 2.00 bits per heavy atom. The van der Waals surface area contributed by atoms with Crippen LogP contribution in [0.25, 0.3) is 0 Å². The molecule has 0 saturated carbocycles. The van der Waals surface area contributed by atoms with E-state index in [1.165, 1.54) is 11.3 Å². The van der Waals surface area contributed by atoms with Crippen molar-refractivity contribution in [3.05, 3.63) is 50.7 Å². The molecule has 3 rings (SSSR count). The Kier molecular flexibility index (Phi) is 4.76. The number of anilines is 1. The van der Waals surface area contributed by atoms with Crippen molar-refractivity contribution in [2.75, 3.05) is 5.32 Å². The van der Waals surface area contributed by atoms with Crippen LogP contribution >= 0.6 is 11.3 Å². The van der Waals surface area contributed by atoms with Crippen LogP contribution < -0.4 is 5.32 Å². The lowest BCUT2D eigenvalue weighted by Crippen LogP contribution is -2.15. The van der Waals surface area contributed by atoms with E-state index in [9.17, 15) is 31.1 Å². The van der Waals surface area contributed by atoms with E-state index >= 15 is 0 Å². The predicted octanol–water partition coefficient (Wildman–Crippen LogP) is 5.92. The summed E-state index contributed by atoms with van der Waals surface area (Å²) < 4.78 is 77.2. The van der Waals surface area contributed by atoms with Gasteiger partial charge in [0.15, 0.2) is 0 Å². The molecule has 140 valence electrons. The fraction of sp³-hybridized carbons (Fsp3) is 0.353. The maximum absolute atomic E-state index is 12.9. The first kappa shape index (κ1) is 18.8. The Morgan fingerprint density at radius 2 is 1.46 bits per heavy atom. The number of hydrogen-bond donors (Lipinski definition) is 1. The smallest absolute Gasteiger partial charge is 0.321 e. The lowest BCUT2D eigenvalue weighted by molar-refractivity contribution is -0.143. The van der Waals surface area contributed by atoms with Crippen LogP contribution in [0.3, 0.4) is 0 Å². The summed E-state index contributed by atoms with van der Waals surface area (Å²) in [5.41, 5.74) is -2.45. The number of amides is 1. The highest BCUT2D eigenvalue weighted by molar-refractivity contribution is 7.14. The van der Waals surface area contributed by atoms with E-state index in [2.05, 4.69) is 5.32 Å². The maximum atomic E-state index is 12.9. The molecule has 2 nitrogen and oxygen atoms in total. The Hall–Kier alpha value is -2.03. The van der Waals surface area contributed by atoms with E-state index in [1.807, 2.05) is 0 Å². The molecule has 0 fully saturated rings. The average molecular weight is 393 g/mol. The van der Waals surface area contributed by atoms with Gasteiger partial charge in [0.1, 0.15) is 0 Å². The van der Waals surface area contributed by atoms with Gasteiger partial charge in [-0.25, -0.2) is 0 Å². The monoisotopic (exact) mass is 393 g/mol. The third-order valence-electron chi connectivity index (χ3n) is 4.07. The van der Waals surface area contributed by atoms with Gasteiger partial charge in [-0.2, -0.15) is 26.3 Å². The quantitative estimate of drug-likeness (QED) is 0.631. The highest BCUT2D eigenvalue weighted by Gasteiger charge is 2.37. The molecule has 1 aliphatic rings. The molecule has 2 aromatic rings. The van der Waals surface area contributed by atoms with Crippen LogP contribution in [0.4, 0.5) is 32.0 Å². The van der Waals surface area contributed by atoms with Gasteiger partial charge in [0.05, 0.1) is 16.0 Å². The fourth-order valence-corrected chi connectivity index (χ4v) is 3.97. The van der Waals surface area contributed by atoms with E-state index in [-0.39, 0.29) is 10.9 Å². The first-order chi connectivity index (χ1) is 12.0. The molecule has 0 aliphatic heterocycles. The topological polar surface area (TPSA) is 29.1 Å². The van der Waals surface area contributed by atoms with Crippen LogP contribution in [0, 0.1) is 0 Å². The lowest BCUT2D eigenvalue weighted by Gasteiger charge is -2.14. The Balaban J connectivity index is 1.91. The van der Waals surface area contributed by atoms with Gasteiger partial charge in [0.2, 0.25) is 0 Å². The van der Waals surface area contributed by atoms with E-state index < -0.39 is 35.1 Å². The largest absolute Gasteiger partial charge is 0.416 e. The number of benzene rings is 1. The summed E-state index contributed by atoms with van der Waals surface area (Å²) in [5.74, 6) is -0.711. The molecular formula is C17H13F6NOS.